The van der Waals surface area contributed by atoms with Crippen molar-refractivity contribution in [3.05, 3.63) is 10.1 Å². The van der Waals surface area contributed by atoms with E-state index in [9.17, 15) is 19.7 Å². The van der Waals surface area contributed by atoms with Gasteiger partial charge in [-0.3, -0.25) is 9.59 Å². The van der Waals surface area contributed by atoms with Crippen molar-refractivity contribution in [1.29, 1.82) is 0 Å². The second-order valence-corrected chi connectivity index (χ2v) is 4.66. The summed E-state index contributed by atoms with van der Waals surface area (Å²) < 4.78 is 0. The van der Waals surface area contributed by atoms with E-state index in [0.29, 0.717) is 6.42 Å². The lowest BCUT2D eigenvalue weighted by Gasteiger charge is -2.15. The first-order valence-corrected chi connectivity index (χ1v) is 6.92. The molecule has 104 valence electrons. The molecule has 8 heteroatoms. The highest BCUT2D eigenvalue weighted by Gasteiger charge is 2.16. The SMILES string of the molecule is CSCCC(NC(=O)CCCO[N+](=O)[O-])C(C)=O. The zero-order valence-electron chi connectivity index (χ0n) is 10.5. The minimum absolute atomic E-state index is 0.0843. The Bertz CT molecular complexity index is 298. The predicted octanol–water partition coefficient (Wildman–Crippen LogP) is 0.802. The number of hydrogen-bond acceptors (Lipinski definition) is 6. The highest BCUT2D eigenvalue weighted by Crippen LogP contribution is 2.02. The topological polar surface area (TPSA) is 98.5 Å². The van der Waals surface area contributed by atoms with Gasteiger partial charge in [-0.05, 0) is 31.8 Å². The van der Waals surface area contributed by atoms with Crippen LogP contribution in [0.4, 0.5) is 0 Å². The fraction of sp³-hybridized carbons (Fsp3) is 0.800. The van der Waals surface area contributed by atoms with Crippen molar-refractivity contribution in [2.45, 2.75) is 32.2 Å². The van der Waals surface area contributed by atoms with Crippen molar-refractivity contribution in [2.75, 3.05) is 18.6 Å². The molecule has 0 aliphatic carbocycles. The molecule has 7 nitrogen and oxygen atoms in total. The Kier molecular flexibility index (Phi) is 8.99. The zero-order valence-corrected chi connectivity index (χ0v) is 11.3. The molecule has 1 N–H and O–H groups in total. The number of amides is 1. The molecule has 0 bridgehead atoms. The molecule has 0 spiro atoms. The Labute approximate surface area is 110 Å². The van der Waals surface area contributed by atoms with Crippen LogP contribution >= 0.6 is 11.8 Å². The third-order valence-electron chi connectivity index (χ3n) is 2.18. The molecule has 0 aromatic rings. The van der Waals surface area contributed by atoms with Gasteiger partial charge in [0.2, 0.25) is 5.91 Å². The van der Waals surface area contributed by atoms with Gasteiger partial charge in [-0.2, -0.15) is 11.8 Å². The second kappa shape index (κ2) is 9.69. The van der Waals surface area contributed by atoms with Crippen LogP contribution in [0.2, 0.25) is 0 Å². The van der Waals surface area contributed by atoms with E-state index in [4.69, 9.17) is 0 Å². The van der Waals surface area contributed by atoms with Crippen molar-refractivity contribution in [2.24, 2.45) is 0 Å². The van der Waals surface area contributed by atoms with E-state index in [1.165, 1.54) is 6.92 Å². The Balaban J connectivity index is 3.87. The standard InChI is InChI=1S/C10H18N2O5S/c1-8(13)9(5-7-18-2)11-10(14)4-3-6-17-12(15)16/h9H,3-7H2,1-2H3,(H,11,14). The number of carbonyl (C=O) groups is 2. The van der Waals surface area contributed by atoms with E-state index in [1.807, 2.05) is 6.26 Å². The fourth-order valence-corrected chi connectivity index (χ4v) is 1.72. The van der Waals surface area contributed by atoms with Gasteiger partial charge in [-0.1, -0.05) is 0 Å². The maximum Gasteiger partial charge on any atom is 0.294 e. The number of nitrogens with zero attached hydrogens (tertiary/aromatic N) is 1. The zero-order chi connectivity index (χ0) is 14.0. The second-order valence-electron chi connectivity index (χ2n) is 3.67. The predicted molar refractivity (Wildman–Crippen MR) is 67.8 cm³/mol. The summed E-state index contributed by atoms with van der Waals surface area (Å²) in [6.45, 7) is 1.32. The molecular weight excluding hydrogens is 260 g/mol. The number of hydrogen-bond donors (Lipinski definition) is 1. The first kappa shape index (κ1) is 16.7. The number of carbonyl (C=O) groups excluding carboxylic acids is 2. The first-order valence-electron chi connectivity index (χ1n) is 5.53. The van der Waals surface area contributed by atoms with Crippen LogP contribution in [0.3, 0.4) is 0 Å². The number of rotatable bonds is 10. The molecule has 0 radical (unpaired) electrons. The summed E-state index contributed by atoms with van der Waals surface area (Å²) >= 11 is 1.60. The largest absolute Gasteiger partial charge is 0.346 e. The fourth-order valence-electron chi connectivity index (χ4n) is 1.25. The lowest BCUT2D eigenvalue weighted by molar-refractivity contribution is -0.757. The van der Waals surface area contributed by atoms with Crippen LogP contribution in [0, 0.1) is 10.1 Å². The van der Waals surface area contributed by atoms with Crippen molar-refractivity contribution in [1.82, 2.24) is 5.32 Å². The van der Waals surface area contributed by atoms with Gasteiger partial charge in [0, 0.05) is 6.42 Å². The molecule has 0 saturated heterocycles. The van der Waals surface area contributed by atoms with Crippen LogP contribution in [0.1, 0.15) is 26.2 Å². The molecule has 0 aliphatic heterocycles. The molecule has 0 fully saturated rings. The third kappa shape index (κ3) is 8.80. The lowest BCUT2D eigenvalue weighted by Crippen LogP contribution is -2.40. The minimum atomic E-state index is -0.894. The first-order chi connectivity index (χ1) is 8.47. The number of Topliss-reactive ketones (excluding diaryl/α,β-unsaturated/α-hetero) is 1. The van der Waals surface area contributed by atoms with Gasteiger partial charge in [0.25, 0.3) is 5.09 Å². The highest BCUT2D eigenvalue weighted by molar-refractivity contribution is 7.98. The van der Waals surface area contributed by atoms with Gasteiger partial charge in [0.15, 0.2) is 5.78 Å². The molecule has 0 heterocycles. The number of nitrogens with one attached hydrogen (secondary N) is 1. The van der Waals surface area contributed by atoms with Gasteiger partial charge < -0.3 is 10.2 Å². The molecule has 0 rings (SSSR count). The molecular formula is C10H18N2O5S. The van der Waals surface area contributed by atoms with Crippen LogP contribution in [0.5, 0.6) is 0 Å². The molecule has 1 amide bonds. The summed E-state index contributed by atoms with van der Waals surface area (Å²) in [5.74, 6) is 0.414. The van der Waals surface area contributed by atoms with Gasteiger partial charge in [0.05, 0.1) is 12.6 Å². The Morgan fingerprint density at radius 1 is 1.50 bits per heavy atom. The van der Waals surface area contributed by atoms with Crippen LogP contribution in [0.25, 0.3) is 0 Å². The molecule has 1 atom stereocenters. The van der Waals surface area contributed by atoms with E-state index < -0.39 is 11.1 Å². The van der Waals surface area contributed by atoms with E-state index in [-0.39, 0.29) is 31.1 Å². The summed E-state index contributed by atoms with van der Waals surface area (Å²) in [5.41, 5.74) is 0. The summed E-state index contributed by atoms with van der Waals surface area (Å²) in [7, 11) is 0. The highest BCUT2D eigenvalue weighted by atomic mass is 32.2. The Morgan fingerprint density at radius 3 is 2.67 bits per heavy atom. The molecule has 0 aliphatic rings. The Hall–Kier alpha value is -1.31. The summed E-state index contributed by atoms with van der Waals surface area (Å²) in [4.78, 5) is 36.7. The summed E-state index contributed by atoms with van der Waals surface area (Å²) in [5, 5.41) is 11.6. The molecule has 0 aromatic heterocycles. The molecule has 18 heavy (non-hydrogen) atoms. The average molecular weight is 278 g/mol. The molecule has 0 aromatic carbocycles. The Morgan fingerprint density at radius 2 is 2.17 bits per heavy atom. The maximum atomic E-state index is 11.5. The van der Waals surface area contributed by atoms with Gasteiger partial charge in [0.1, 0.15) is 0 Å². The van der Waals surface area contributed by atoms with Gasteiger partial charge in [-0.25, -0.2) is 0 Å². The van der Waals surface area contributed by atoms with Crippen LogP contribution < -0.4 is 5.32 Å². The number of thioether (sulfide) groups is 1. The van der Waals surface area contributed by atoms with E-state index in [1.54, 1.807) is 11.8 Å². The quantitative estimate of drug-likeness (QED) is 0.360. The summed E-state index contributed by atoms with van der Waals surface area (Å²) in [6, 6.07) is -0.471. The van der Waals surface area contributed by atoms with Crippen molar-refractivity contribution < 1.29 is 19.5 Å². The average Bonchev–Trinajstić information content (AvgIpc) is 2.29. The number of ketones is 1. The monoisotopic (exact) mass is 278 g/mol. The van der Waals surface area contributed by atoms with E-state index >= 15 is 0 Å². The molecule has 1 unspecified atom stereocenters. The summed E-state index contributed by atoms with van der Waals surface area (Å²) in [6.07, 6.45) is 2.87. The lowest BCUT2D eigenvalue weighted by atomic mass is 10.1. The third-order valence-corrected chi connectivity index (χ3v) is 2.83. The van der Waals surface area contributed by atoms with Crippen molar-refractivity contribution in [3.8, 4) is 0 Å². The smallest absolute Gasteiger partial charge is 0.294 e. The van der Waals surface area contributed by atoms with Crippen molar-refractivity contribution in [3.63, 3.8) is 0 Å². The van der Waals surface area contributed by atoms with E-state index in [0.717, 1.165) is 5.75 Å². The van der Waals surface area contributed by atoms with Crippen LogP contribution in [-0.4, -0.2) is 41.4 Å². The van der Waals surface area contributed by atoms with E-state index in [2.05, 4.69) is 10.2 Å². The van der Waals surface area contributed by atoms with Crippen LogP contribution in [0.15, 0.2) is 0 Å². The van der Waals surface area contributed by atoms with Gasteiger partial charge in [-0.15, -0.1) is 10.1 Å². The minimum Gasteiger partial charge on any atom is -0.346 e. The van der Waals surface area contributed by atoms with Gasteiger partial charge >= 0.3 is 0 Å². The van der Waals surface area contributed by atoms with Crippen LogP contribution in [-0.2, 0) is 14.4 Å². The molecule has 0 saturated carbocycles. The van der Waals surface area contributed by atoms with Crippen molar-refractivity contribution >= 4 is 23.5 Å². The maximum absolute atomic E-state index is 11.5. The normalized spacial score (nSPS) is 11.7.